The minimum absolute atomic E-state index is 0.0264. The molecule has 0 saturated carbocycles. The van der Waals surface area contributed by atoms with Crippen LogP contribution in [0.4, 0.5) is 5.69 Å². The number of carbonyl (C=O) groups is 2. The number of piperidine rings is 1. The van der Waals surface area contributed by atoms with Crippen LogP contribution in [0.15, 0.2) is 22.6 Å². The lowest BCUT2D eigenvalue weighted by atomic mass is 9.95. The van der Waals surface area contributed by atoms with Crippen molar-refractivity contribution in [3.8, 4) is 0 Å². The van der Waals surface area contributed by atoms with Gasteiger partial charge in [0.15, 0.2) is 0 Å². The Hall–Kier alpha value is -2.70. The first-order valence-electron chi connectivity index (χ1n) is 10.8. The average Bonchev–Trinajstić information content (AvgIpc) is 3.37. The predicted molar refractivity (Wildman–Crippen MR) is 113 cm³/mol. The highest BCUT2D eigenvalue weighted by atomic mass is 16.4. The van der Waals surface area contributed by atoms with Gasteiger partial charge in [0.25, 0.3) is 0 Å². The Morgan fingerprint density at radius 3 is 2.50 bits per heavy atom. The van der Waals surface area contributed by atoms with Crippen LogP contribution in [0.5, 0.6) is 0 Å². The quantitative estimate of drug-likeness (QED) is 0.770. The van der Waals surface area contributed by atoms with Crippen LogP contribution in [0, 0.1) is 19.8 Å². The highest BCUT2D eigenvalue weighted by Gasteiger charge is 2.38. The van der Waals surface area contributed by atoms with E-state index in [2.05, 4.69) is 17.1 Å². The van der Waals surface area contributed by atoms with Crippen LogP contribution in [0.2, 0.25) is 0 Å². The Bertz CT molecular complexity index is 944. The molecule has 7 heteroatoms. The van der Waals surface area contributed by atoms with Gasteiger partial charge in [-0.3, -0.25) is 9.59 Å². The first kappa shape index (κ1) is 20.6. The van der Waals surface area contributed by atoms with Crippen molar-refractivity contribution in [2.75, 3.05) is 24.5 Å². The van der Waals surface area contributed by atoms with E-state index in [9.17, 15) is 9.59 Å². The number of anilines is 1. The molecule has 0 radical (unpaired) electrons. The summed E-state index contributed by atoms with van der Waals surface area (Å²) >= 11 is 0. The number of amides is 2. The maximum Gasteiger partial charge on any atom is 0.228 e. The summed E-state index contributed by atoms with van der Waals surface area (Å²) in [6.45, 7) is 9.94. The number of carbonyl (C=O) groups excluding carboxylic acids is 2. The number of hydrogen-bond donors (Lipinski definition) is 0. The van der Waals surface area contributed by atoms with Crippen molar-refractivity contribution in [1.82, 2.24) is 15.1 Å². The van der Waals surface area contributed by atoms with Crippen LogP contribution in [0.25, 0.3) is 0 Å². The van der Waals surface area contributed by atoms with Crippen molar-refractivity contribution in [1.29, 1.82) is 0 Å². The number of likely N-dealkylation sites (tertiary alicyclic amines) is 1. The maximum atomic E-state index is 13.1. The van der Waals surface area contributed by atoms with E-state index in [1.807, 2.05) is 43.9 Å². The molecule has 0 spiro atoms. The SMILES string of the molecule is Cc1ccc(N2CC(C(=O)N3CCC(c4nnc(C(C)C)o4)CC3)CC2=O)cc1C. The van der Waals surface area contributed by atoms with E-state index in [0.717, 1.165) is 24.1 Å². The number of aryl methyl sites for hydroxylation is 2. The van der Waals surface area contributed by atoms with E-state index < -0.39 is 0 Å². The summed E-state index contributed by atoms with van der Waals surface area (Å²) in [5.41, 5.74) is 3.23. The van der Waals surface area contributed by atoms with Crippen LogP contribution >= 0.6 is 0 Å². The van der Waals surface area contributed by atoms with Gasteiger partial charge in [-0.2, -0.15) is 0 Å². The Labute approximate surface area is 177 Å². The normalized spacial score (nSPS) is 20.4. The molecule has 2 amide bonds. The fraction of sp³-hybridized carbons (Fsp3) is 0.565. The lowest BCUT2D eigenvalue weighted by Gasteiger charge is -2.32. The zero-order chi connectivity index (χ0) is 21.4. The molecule has 2 aliphatic rings. The zero-order valence-electron chi connectivity index (χ0n) is 18.2. The minimum atomic E-state index is -0.272. The molecule has 0 bridgehead atoms. The number of benzene rings is 1. The van der Waals surface area contributed by atoms with Crippen molar-refractivity contribution < 1.29 is 14.0 Å². The molecule has 2 saturated heterocycles. The fourth-order valence-corrected chi connectivity index (χ4v) is 4.27. The van der Waals surface area contributed by atoms with Gasteiger partial charge in [-0.15, -0.1) is 10.2 Å². The number of nitrogens with zero attached hydrogens (tertiary/aromatic N) is 4. The summed E-state index contributed by atoms with van der Waals surface area (Å²) in [5.74, 6) is 1.60. The largest absolute Gasteiger partial charge is 0.425 e. The number of hydrogen-bond acceptors (Lipinski definition) is 5. The Balaban J connectivity index is 1.36. The molecular formula is C23H30N4O3. The van der Waals surface area contributed by atoms with E-state index >= 15 is 0 Å². The molecule has 2 fully saturated rings. The first-order chi connectivity index (χ1) is 14.3. The lowest BCUT2D eigenvalue weighted by Crippen LogP contribution is -2.42. The molecule has 2 aliphatic heterocycles. The molecule has 7 nitrogen and oxygen atoms in total. The van der Waals surface area contributed by atoms with Crippen molar-refractivity contribution >= 4 is 17.5 Å². The standard InChI is InChI=1S/C23H30N4O3/c1-14(2)21-24-25-22(30-21)17-7-9-26(10-8-17)23(29)18-12-20(28)27(13-18)19-6-5-15(3)16(4)11-19/h5-6,11,14,17-18H,7-10,12-13H2,1-4H3. The molecular weight excluding hydrogens is 380 g/mol. The second kappa shape index (κ2) is 8.20. The van der Waals surface area contributed by atoms with Crippen molar-refractivity contribution in [3.05, 3.63) is 41.1 Å². The number of aromatic nitrogens is 2. The average molecular weight is 411 g/mol. The molecule has 160 valence electrons. The van der Waals surface area contributed by atoms with Gasteiger partial charge in [0.05, 0.1) is 5.92 Å². The van der Waals surface area contributed by atoms with Crippen LogP contribution in [0.1, 0.15) is 67.9 Å². The monoisotopic (exact) mass is 410 g/mol. The molecule has 1 unspecified atom stereocenters. The smallest absolute Gasteiger partial charge is 0.228 e. The summed E-state index contributed by atoms with van der Waals surface area (Å²) < 4.78 is 5.80. The van der Waals surface area contributed by atoms with Crippen LogP contribution in [-0.4, -0.2) is 46.5 Å². The van der Waals surface area contributed by atoms with Gasteiger partial charge in [0.1, 0.15) is 0 Å². The van der Waals surface area contributed by atoms with E-state index in [-0.39, 0.29) is 36.0 Å². The van der Waals surface area contributed by atoms with E-state index in [4.69, 9.17) is 4.42 Å². The second-order valence-corrected chi connectivity index (χ2v) is 8.91. The van der Waals surface area contributed by atoms with Gasteiger partial charge >= 0.3 is 0 Å². The molecule has 1 atom stereocenters. The lowest BCUT2D eigenvalue weighted by molar-refractivity contribution is -0.136. The van der Waals surface area contributed by atoms with Gasteiger partial charge < -0.3 is 14.2 Å². The Kier molecular flexibility index (Phi) is 5.62. The summed E-state index contributed by atoms with van der Waals surface area (Å²) in [7, 11) is 0. The third kappa shape index (κ3) is 3.98. The van der Waals surface area contributed by atoms with E-state index in [0.29, 0.717) is 31.4 Å². The molecule has 4 rings (SSSR count). The molecule has 1 aromatic carbocycles. The predicted octanol–water partition coefficient (Wildman–Crippen LogP) is 3.57. The van der Waals surface area contributed by atoms with Crippen LogP contribution in [0.3, 0.4) is 0 Å². The highest BCUT2D eigenvalue weighted by molar-refractivity contribution is 6.00. The van der Waals surface area contributed by atoms with Crippen LogP contribution in [-0.2, 0) is 9.59 Å². The van der Waals surface area contributed by atoms with Gasteiger partial charge in [0, 0.05) is 43.6 Å². The van der Waals surface area contributed by atoms with Gasteiger partial charge in [0.2, 0.25) is 23.6 Å². The Morgan fingerprint density at radius 1 is 1.13 bits per heavy atom. The third-order valence-corrected chi connectivity index (χ3v) is 6.38. The highest BCUT2D eigenvalue weighted by Crippen LogP contribution is 2.31. The second-order valence-electron chi connectivity index (χ2n) is 8.91. The summed E-state index contributed by atoms with van der Waals surface area (Å²) in [5, 5.41) is 8.33. The maximum absolute atomic E-state index is 13.1. The topological polar surface area (TPSA) is 79.5 Å². The Morgan fingerprint density at radius 2 is 1.87 bits per heavy atom. The molecule has 3 heterocycles. The zero-order valence-corrected chi connectivity index (χ0v) is 18.2. The van der Waals surface area contributed by atoms with Gasteiger partial charge in [-0.05, 0) is 49.9 Å². The van der Waals surface area contributed by atoms with Crippen molar-refractivity contribution in [3.63, 3.8) is 0 Å². The molecule has 0 N–H and O–H groups in total. The summed E-state index contributed by atoms with van der Waals surface area (Å²) in [6, 6.07) is 6.02. The van der Waals surface area contributed by atoms with Crippen molar-refractivity contribution in [2.24, 2.45) is 5.92 Å². The van der Waals surface area contributed by atoms with E-state index in [1.165, 1.54) is 5.56 Å². The van der Waals surface area contributed by atoms with Crippen molar-refractivity contribution in [2.45, 2.75) is 58.8 Å². The van der Waals surface area contributed by atoms with Crippen LogP contribution < -0.4 is 4.90 Å². The molecule has 2 aromatic rings. The first-order valence-corrected chi connectivity index (χ1v) is 10.8. The summed E-state index contributed by atoms with van der Waals surface area (Å²) in [6.07, 6.45) is 1.91. The molecule has 1 aromatic heterocycles. The number of rotatable bonds is 4. The van der Waals surface area contributed by atoms with Gasteiger partial charge in [-0.1, -0.05) is 19.9 Å². The van der Waals surface area contributed by atoms with E-state index in [1.54, 1.807) is 4.90 Å². The minimum Gasteiger partial charge on any atom is -0.425 e. The van der Waals surface area contributed by atoms with Gasteiger partial charge in [-0.25, -0.2) is 0 Å². The summed E-state index contributed by atoms with van der Waals surface area (Å²) in [4.78, 5) is 29.3. The fourth-order valence-electron chi connectivity index (χ4n) is 4.27. The third-order valence-electron chi connectivity index (χ3n) is 6.38. The molecule has 30 heavy (non-hydrogen) atoms. The molecule has 0 aliphatic carbocycles.